The van der Waals surface area contributed by atoms with Crippen molar-refractivity contribution in [1.82, 2.24) is 51.1 Å². The van der Waals surface area contributed by atoms with Crippen molar-refractivity contribution in [2.75, 3.05) is 65.7 Å². The van der Waals surface area contributed by atoms with Crippen molar-refractivity contribution < 1.29 is 57.2 Å². The van der Waals surface area contributed by atoms with Crippen LogP contribution in [0.4, 0.5) is 8.78 Å². The number of phenolic OH excluding ortho intramolecular Hbond substituents is 1. The number of aromatic hydroxyl groups is 1. The number of carbonyl (C=O) groups excluding carboxylic acids is 5. The molecule has 1 aromatic heterocycles. The van der Waals surface area contributed by atoms with Gasteiger partial charge in [0.2, 0.25) is 35.5 Å². The second kappa shape index (κ2) is 28.0. The molecule has 3 aromatic rings. The number of nitrogens with one attached hydrogen (secondary N) is 5. The Bertz CT molecular complexity index is 2970. The highest BCUT2D eigenvalue weighted by Gasteiger charge is 2.73. The van der Waals surface area contributed by atoms with Gasteiger partial charge < -0.3 is 55.6 Å². The Morgan fingerprint density at radius 1 is 0.831 bits per heavy atom. The lowest BCUT2D eigenvalue weighted by molar-refractivity contribution is -0.192. The fourth-order valence-corrected chi connectivity index (χ4v) is 16.1. The number of amides is 5. The minimum Gasteiger partial charge on any atom is -0.504 e. The predicted octanol–water partition coefficient (Wildman–Crippen LogP) is 6.71. The Kier molecular flexibility index (Phi) is 20.8. The summed E-state index contributed by atoms with van der Waals surface area (Å²) in [6.07, 6.45) is 8.82. The van der Waals surface area contributed by atoms with Crippen molar-refractivity contribution in [2.45, 2.75) is 216 Å². The van der Waals surface area contributed by atoms with Crippen LogP contribution in [0.1, 0.15) is 185 Å². The maximum atomic E-state index is 13.9. The molecule has 4 unspecified atom stereocenters. The number of carbonyl (C=O) groups is 5. The van der Waals surface area contributed by atoms with Crippen LogP contribution in [0.3, 0.4) is 0 Å². The van der Waals surface area contributed by atoms with E-state index in [0.29, 0.717) is 82.3 Å². The first-order chi connectivity index (χ1) is 42.4. The predicted molar refractivity (Wildman–Crippen MR) is 330 cm³/mol. The average Bonchev–Trinajstić information content (AvgIpc) is 1.60. The third kappa shape index (κ3) is 15.2. The first-order valence-electron chi connectivity index (χ1n) is 33.1. The molecule has 7 aliphatic rings. The summed E-state index contributed by atoms with van der Waals surface area (Å²) >= 11 is 0. The van der Waals surface area contributed by atoms with E-state index in [0.717, 1.165) is 67.2 Å². The normalized spacial score (nSPS) is 26.6. The van der Waals surface area contributed by atoms with Gasteiger partial charge >= 0.3 is 0 Å². The topological polar surface area (TPSA) is 251 Å². The number of phenols is 1. The van der Waals surface area contributed by atoms with Gasteiger partial charge in [-0.05, 0) is 138 Å². The lowest BCUT2D eigenvalue weighted by Crippen LogP contribution is -2.78. The molecule has 22 heteroatoms. The number of hydrogen-bond acceptors (Lipinski definition) is 14. The van der Waals surface area contributed by atoms with Crippen LogP contribution >= 0.6 is 0 Å². The minimum absolute atomic E-state index is 0.0439. The zero-order chi connectivity index (χ0) is 63.4. The van der Waals surface area contributed by atoms with Gasteiger partial charge in [-0.3, -0.25) is 33.8 Å². The van der Waals surface area contributed by atoms with E-state index in [1.54, 1.807) is 6.07 Å². The van der Waals surface area contributed by atoms with Gasteiger partial charge in [0.1, 0.15) is 44.2 Å². The Morgan fingerprint density at radius 2 is 1.53 bits per heavy atom. The number of nitrogens with zero attached hydrogens (tertiary/aromatic N) is 5. The van der Waals surface area contributed by atoms with Gasteiger partial charge in [0.05, 0.1) is 23.1 Å². The second-order valence-electron chi connectivity index (χ2n) is 28.4. The molecule has 20 nitrogen and oxygen atoms in total. The van der Waals surface area contributed by atoms with Gasteiger partial charge in [0, 0.05) is 93.6 Å². The molecule has 3 aliphatic heterocycles. The second-order valence-corrected chi connectivity index (χ2v) is 28.4. The van der Waals surface area contributed by atoms with Crippen LogP contribution in [-0.2, 0) is 51.7 Å². The highest BCUT2D eigenvalue weighted by Crippen LogP contribution is 2.65. The molecule has 4 aliphatic carbocycles. The molecule has 2 bridgehead atoms. The van der Waals surface area contributed by atoms with E-state index >= 15 is 0 Å². The molecule has 5 fully saturated rings. The molecule has 10 rings (SSSR count). The summed E-state index contributed by atoms with van der Waals surface area (Å²) in [7, 11) is 0. The van der Waals surface area contributed by atoms with Gasteiger partial charge in [-0.1, -0.05) is 71.0 Å². The number of halogens is 2. The van der Waals surface area contributed by atoms with Crippen LogP contribution in [0.5, 0.6) is 11.5 Å². The number of benzene rings is 2. The molecular weight excluding hydrogens is 1140 g/mol. The van der Waals surface area contributed by atoms with Gasteiger partial charge in [-0.2, -0.15) is 0 Å². The summed E-state index contributed by atoms with van der Waals surface area (Å²) in [6, 6.07) is 13.5. The fourth-order valence-electron chi connectivity index (χ4n) is 16.1. The van der Waals surface area contributed by atoms with Gasteiger partial charge in [-0.15, -0.1) is 10.2 Å². The molecule has 2 aromatic carbocycles. The molecule has 4 heterocycles. The van der Waals surface area contributed by atoms with Crippen molar-refractivity contribution in [1.29, 1.82) is 0 Å². The third-order valence-electron chi connectivity index (χ3n) is 20.6. The molecule has 10 atom stereocenters. The largest absolute Gasteiger partial charge is 0.504 e. The summed E-state index contributed by atoms with van der Waals surface area (Å²) in [4.78, 5) is 70.6. The average molecular weight is 1240 g/mol. The number of aliphatic hydroxyl groups is 1. The molecule has 2 saturated heterocycles. The quantitative estimate of drug-likeness (QED) is 0.0367. The van der Waals surface area contributed by atoms with Crippen molar-refractivity contribution >= 4 is 29.5 Å². The van der Waals surface area contributed by atoms with Crippen LogP contribution < -0.4 is 31.3 Å². The maximum absolute atomic E-state index is 13.9. The molecule has 490 valence electrons. The smallest absolute Gasteiger partial charge is 0.248 e. The lowest BCUT2D eigenvalue weighted by Gasteiger charge is -2.64. The van der Waals surface area contributed by atoms with E-state index < -0.39 is 35.0 Å². The zero-order valence-corrected chi connectivity index (χ0v) is 53.4. The number of ether oxygens (including phenoxy) is 3. The van der Waals surface area contributed by atoms with E-state index in [-0.39, 0.29) is 129 Å². The molecule has 3 saturated carbocycles. The molecule has 0 radical (unpaired) electrons. The zero-order valence-electron chi connectivity index (χ0n) is 53.4. The number of alkyl halides is 2. The summed E-state index contributed by atoms with van der Waals surface area (Å²) in [5, 5.41) is 48.0. The summed E-state index contributed by atoms with van der Waals surface area (Å²) < 4.78 is 47.8. The number of piperidine rings is 1. The Labute approximate surface area is 523 Å². The van der Waals surface area contributed by atoms with E-state index in [1.165, 1.54) is 12.8 Å². The van der Waals surface area contributed by atoms with E-state index in [4.69, 9.17) is 14.2 Å². The Hall–Kier alpha value is -5.81. The first kappa shape index (κ1) is 66.1. The van der Waals surface area contributed by atoms with Gasteiger partial charge in [0.25, 0.3) is 0 Å². The number of rotatable bonds is 30. The highest BCUT2D eigenvalue weighted by molar-refractivity contribution is 5.81. The summed E-state index contributed by atoms with van der Waals surface area (Å²) in [5.74, 6) is -1.77. The van der Waals surface area contributed by atoms with E-state index in [2.05, 4.69) is 78.8 Å². The Balaban J connectivity index is 0.602. The third-order valence-corrected chi connectivity index (χ3v) is 20.6. The summed E-state index contributed by atoms with van der Waals surface area (Å²) in [6.45, 7) is 17.0. The van der Waals surface area contributed by atoms with Crippen LogP contribution in [0.25, 0.3) is 0 Å². The molecule has 89 heavy (non-hydrogen) atoms. The Morgan fingerprint density at radius 3 is 2.24 bits per heavy atom. The van der Waals surface area contributed by atoms with Crippen LogP contribution in [0, 0.1) is 23.2 Å². The van der Waals surface area contributed by atoms with Gasteiger partial charge in [-0.25, -0.2) is 8.78 Å². The van der Waals surface area contributed by atoms with Crippen LogP contribution in [0.15, 0.2) is 42.5 Å². The summed E-state index contributed by atoms with van der Waals surface area (Å²) in [5.41, 5.74) is 0.828. The van der Waals surface area contributed by atoms with Crippen LogP contribution in [0.2, 0.25) is 0 Å². The van der Waals surface area contributed by atoms with Crippen molar-refractivity contribution in [3.05, 3.63) is 70.8 Å². The number of hydrogen-bond donors (Lipinski definition) is 7. The molecule has 5 amide bonds. The fraction of sp³-hybridized carbons (Fsp3) is 0.716. The number of aromatic nitrogens is 3. The van der Waals surface area contributed by atoms with E-state index in [9.17, 15) is 43.0 Å². The first-order valence-corrected chi connectivity index (χ1v) is 33.1. The maximum Gasteiger partial charge on any atom is 0.248 e. The van der Waals surface area contributed by atoms with Crippen molar-refractivity contribution in [3.8, 4) is 11.5 Å². The minimum atomic E-state index is -2.70. The highest BCUT2D eigenvalue weighted by atomic mass is 19.3. The SMILES string of the molecule is CC(CNC(=O)COCC(=O)NCCc1nnc(C(C)C)n1C(C)CC1CCC(C)N1CC[C@H](NC(=O)C1CCC(F)(F)CC1)c1ccccc1)CC(C)(C)CNC(=O)COCC(=O)N[C@@H]1CC[C@@]2(O)[C@H]3Cc4ccc(O)c5c4[C@@]2(CCN3CC2CC2)[C@H]1O5. The van der Waals surface area contributed by atoms with Crippen molar-refractivity contribution in [3.63, 3.8) is 0 Å². The monoisotopic (exact) mass is 1240 g/mol. The molecule has 1 spiro atoms. The van der Waals surface area contributed by atoms with E-state index in [1.807, 2.05) is 57.2 Å². The number of likely N-dealkylation sites (tertiary alicyclic amines) is 2. The molecular formula is C67H98F2N10O10. The van der Waals surface area contributed by atoms with Crippen molar-refractivity contribution in [2.24, 2.45) is 23.2 Å². The standard InChI is InChI=1S/C67H98F2N10O10/c1-41(2)62-76-75-54(79(62)44(5)31-49-17-13-43(4)78(49)29-23-50(46-11-9-8-10-12-46)74-63(85)47-19-24-65(68,69)25-20-47)22-28-70-55(81)36-87-37-56(82)71-34-42(3)33-64(6,7)40-72-57(83)38-88-39-58(84)73-51-21-26-67(86)53-32-48-16-18-52(80)60-59(48)66(67,61(51)89-60)27-30-77(53)35-45-14-15-45/h8-12,16,18,41-45,47,49-51,53,61,80,86H,13-15,17,19-40H2,1-7H3,(H,70,81)(H,71,82)(H,72,83)(H,73,84)(H,74,85)/t42?,43?,44?,49?,50-,51+,53+,61-,66-,67+/m0/s1. The van der Waals surface area contributed by atoms with Crippen LogP contribution in [-0.4, -0.2) is 172 Å². The molecule has 7 N–H and O–H groups in total. The van der Waals surface area contributed by atoms with Gasteiger partial charge in [0.15, 0.2) is 11.5 Å². The lowest BCUT2D eigenvalue weighted by atomic mass is 9.48.